The predicted octanol–water partition coefficient (Wildman–Crippen LogP) is 3.75. The molecule has 7 heteroatoms. The quantitative estimate of drug-likeness (QED) is 0.507. The van der Waals surface area contributed by atoms with Crippen molar-refractivity contribution >= 4 is 17.7 Å². The Morgan fingerprint density at radius 1 is 0.714 bits per heavy atom. The monoisotopic (exact) mass is 475 g/mol. The number of nitrogens with one attached hydrogen (secondary N) is 3. The van der Waals surface area contributed by atoms with Gasteiger partial charge in [0.2, 0.25) is 11.8 Å². The Labute approximate surface area is 206 Å². The molecule has 0 spiro atoms. The number of carbonyl (C=O) groups excluding carboxylic acids is 3. The van der Waals surface area contributed by atoms with Gasteiger partial charge in [0.15, 0.2) is 6.61 Å². The largest absolute Gasteiger partial charge is 0.484 e. The van der Waals surface area contributed by atoms with Crippen molar-refractivity contribution in [1.29, 1.82) is 0 Å². The van der Waals surface area contributed by atoms with Gasteiger partial charge in [-0.2, -0.15) is 0 Å². The molecule has 2 aromatic carbocycles. The minimum atomic E-state index is -0.469. The van der Waals surface area contributed by atoms with E-state index in [1.807, 2.05) is 42.5 Å². The van der Waals surface area contributed by atoms with Crippen LogP contribution in [0.2, 0.25) is 0 Å². The van der Waals surface area contributed by atoms with Gasteiger partial charge in [-0.05, 0) is 79.5 Å². The van der Waals surface area contributed by atoms with Crippen molar-refractivity contribution in [2.45, 2.75) is 56.9 Å². The molecule has 3 amide bonds. The third-order valence-corrected chi connectivity index (χ3v) is 7.69. The highest BCUT2D eigenvalue weighted by Crippen LogP contribution is 2.55. The van der Waals surface area contributed by atoms with Crippen LogP contribution in [0.15, 0.2) is 54.6 Å². The number of ether oxygens (including phenoxy) is 1. The van der Waals surface area contributed by atoms with Gasteiger partial charge in [0.05, 0.1) is 0 Å². The van der Waals surface area contributed by atoms with Crippen molar-refractivity contribution in [2.24, 2.45) is 17.8 Å². The van der Waals surface area contributed by atoms with E-state index in [9.17, 15) is 14.4 Å². The molecular weight excluding hydrogens is 442 g/mol. The van der Waals surface area contributed by atoms with E-state index in [0.29, 0.717) is 5.75 Å². The topological polar surface area (TPSA) is 96.5 Å². The molecule has 4 aliphatic rings. The van der Waals surface area contributed by atoms with Crippen LogP contribution in [0.4, 0.5) is 0 Å². The number of benzene rings is 2. The van der Waals surface area contributed by atoms with E-state index in [0.717, 1.165) is 48.1 Å². The average Bonchev–Trinajstić information content (AvgIpc) is 2.85. The SMILES string of the molecule is O=C(CCC(=O)NC12CC3CC(CC(C3)C1)C2)NNC(=O)COc1ccc(-c2ccccc2)cc1. The highest BCUT2D eigenvalue weighted by molar-refractivity contribution is 5.86. The number of rotatable bonds is 8. The minimum absolute atomic E-state index is 0.0281. The first-order valence-corrected chi connectivity index (χ1v) is 12.6. The van der Waals surface area contributed by atoms with Crippen molar-refractivity contribution in [3.63, 3.8) is 0 Å². The third-order valence-electron chi connectivity index (χ3n) is 7.69. The van der Waals surface area contributed by atoms with Crippen molar-refractivity contribution in [2.75, 3.05) is 6.61 Å². The summed E-state index contributed by atoms with van der Waals surface area (Å²) in [5.41, 5.74) is 6.82. The summed E-state index contributed by atoms with van der Waals surface area (Å²) in [6.45, 7) is -0.225. The zero-order valence-corrected chi connectivity index (χ0v) is 19.9. The summed E-state index contributed by atoms with van der Waals surface area (Å²) in [5.74, 6) is 1.88. The molecule has 184 valence electrons. The molecule has 0 aromatic heterocycles. The van der Waals surface area contributed by atoms with Crippen LogP contribution in [0.1, 0.15) is 51.4 Å². The van der Waals surface area contributed by atoms with Crippen LogP contribution in [-0.4, -0.2) is 29.9 Å². The highest BCUT2D eigenvalue weighted by atomic mass is 16.5. The van der Waals surface area contributed by atoms with Crippen molar-refractivity contribution < 1.29 is 19.1 Å². The lowest BCUT2D eigenvalue weighted by Gasteiger charge is -2.56. The summed E-state index contributed by atoms with van der Waals surface area (Å²) in [5, 5.41) is 3.27. The summed E-state index contributed by atoms with van der Waals surface area (Å²) >= 11 is 0. The highest BCUT2D eigenvalue weighted by Gasteiger charge is 2.51. The first-order chi connectivity index (χ1) is 17.0. The Bertz CT molecular complexity index is 1030. The molecule has 0 unspecified atom stereocenters. The van der Waals surface area contributed by atoms with E-state index in [2.05, 4.69) is 16.2 Å². The maximum Gasteiger partial charge on any atom is 0.276 e. The van der Waals surface area contributed by atoms with Gasteiger partial charge in [-0.15, -0.1) is 0 Å². The molecule has 35 heavy (non-hydrogen) atoms. The smallest absolute Gasteiger partial charge is 0.276 e. The second-order valence-corrected chi connectivity index (χ2v) is 10.5. The molecule has 0 saturated heterocycles. The zero-order valence-electron chi connectivity index (χ0n) is 19.9. The Morgan fingerprint density at radius 2 is 1.26 bits per heavy atom. The van der Waals surface area contributed by atoms with Crippen LogP contribution >= 0.6 is 0 Å². The molecule has 4 fully saturated rings. The maximum atomic E-state index is 12.5. The Hall–Kier alpha value is -3.35. The number of hydrazine groups is 1. The van der Waals surface area contributed by atoms with Gasteiger partial charge in [-0.3, -0.25) is 25.2 Å². The van der Waals surface area contributed by atoms with Crippen LogP contribution in [0.25, 0.3) is 11.1 Å². The van der Waals surface area contributed by atoms with E-state index >= 15 is 0 Å². The van der Waals surface area contributed by atoms with Crippen LogP contribution in [0.3, 0.4) is 0 Å². The lowest BCUT2D eigenvalue weighted by atomic mass is 9.53. The molecule has 7 nitrogen and oxygen atoms in total. The fourth-order valence-corrected chi connectivity index (χ4v) is 6.61. The molecule has 0 atom stereocenters. The molecule has 0 aliphatic heterocycles. The van der Waals surface area contributed by atoms with E-state index in [4.69, 9.17) is 4.74 Å². The zero-order chi connectivity index (χ0) is 24.3. The Kier molecular flexibility index (Phi) is 6.75. The normalized spacial score (nSPS) is 26.1. The van der Waals surface area contributed by atoms with Gasteiger partial charge in [0.25, 0.3) is 5.91 Å². The molecule has 4 bridgehead atoms. The first-order valence-electron chi connectivity index (χ1n) is 12.6. The Balaban J connectivity index is 0.990. The lowest BCUT2D eigenvalue weighted by molar-refractivity contribution is -0.132. The van der Waals surface area contributed by atoms with Crippen molar-refractivity contribution in [1.82, 2.24) is 16.2 Å². The summed E-state index contributed by atoms with van der Waals surface area (Å²) in [6.07, 6.45) is 7.36. The van der Waals surface area contributed by atoms with Gasteiger partial charge >= 0.3 is 0 Å². The van der Waals surface area contributed by atoms with E-state index in [1.165, 1.54) is 19.3 Å². The van der Waals surface area contributed by atoms with Crippen LogP contribution in [0, 0.1) is 17.8 Å². The predicted molar refractivity (Wildman–Crippen MR) is 132 cm³/mol. The second-order valence-electron chi connectivity index (χ2n) is 10.5. The van der Waals surface area contributed by atoms with Crippen molar-refractivity contribution in [3.05, 3.63) is 54.6 Å². The molecule has 2 aromatic rings. The van der Waals surface area contributed by atoms with Gasteiger partial charge in [-0.25, -0.2) is 0 Å². The lowest BCUT2D eigenvalue weighted by Crippen LogP contribution is -2.59. The molecule has 0 radical (unpaired) electrons. The molecule has 4 saturated carbocycles. The summed E-state index contributed by atoms with van der Waals surface area (Å²) < 4.78 is 5.50. The second kappa shape index (κ2) is 10.1. The fourth-order valence-electron chi connectivity index (χ4n) is 6.61. The Morgan fingerprint density at radius 3 is 1.89 bits per heavy atom. The summed E-state index contributed by atoms with van der Waals surface area (Å²) in [6, 6.07) is 17.4. The van der Waals surface area contributed by atoms with E-state index < -0.39 is 11.8 Å². The maximum absolute atomic E-state index is 12.5. The summed E-state index contributed by atoms with van der Waals surface area (Å²) in [7, 11) is 0. The van der Waals surface area contributed by atoms with Gasteiger partial charge in [0.1, 0.15) is 5.75 Å². The standard InChI is InChI=1S/C28H33N3O4/c32-25(29-28-15-19-12-20(16-28)14-21(13-19)17-28)10-11-26(33)30-31-27(34)18-35-24-8-6-23(7-9-24)22-4-2-1-3-5-22/h1-9,19-21H,10-18H2,(H,29,32)(H,30,33)(H,31,34). The third kappa shape index (κ3) is 5.84. The molecular formula is C28H33N3O4. The summed E-state index contributed by atoms with van der Waals surface area (Å²) in [4.78, 5) is 36.7. The molecule has 0 heterocycles. The van der Waals surface area contributed by atoms with Crippen LogP contribution in [-0.2, 0) is 14.4 Å². The van der Waals surface area contributed by atoms with E-state index in [1.54, 1.807) is 12.1 Å². The number of amides is 3. The van der Waals surface area contributed by atoms with Gasteiger partial charge in [0, 0.05) is 18.4 Å². The first kappa shape index (κ1) is 23.4. The van der Waals surface area contributed by atoms with Crippen LogP contribution < -0.4 is 20.9 Å². The molecule has 6 rings (SSSR count). The number of carbonyl (C=O) groups is 3. The minimum Gasteiger partial charge on any atom is -0.484 e. The average molecular weight is 476 g/mol. The van der Waals surface area contributed by atoms with Crippen molar-refractivity contribution in [3.8, 4) is 16.9 Å². The number of hydrogen-bond donors (Lipinski definition) is 3. The van der Waals surface area contributed by atoms with Gasteiger partial charge < -0.3 is 10.1 Å². The number of hydrogen-bond acceptors (Lipinski definition) is 4. The fraction of sp³-hybridized carbons (Fsp3) is 0.464. The van der Waals surface area contributed by atoms with E-state index in [-0.39, 0.29) is 30.9 Å². The molecule has 4 aliphatic carbocycles. The molecule has 3 N–H and O–H groups in total. The van der Waals surface area contributed by atoms with Crippen LogP contribution in [0.5, 0.6) is 5.75 Å². The van der Waals surface area contributed by atoms with Gasteiger partial charge in [-0.1, -0.05) is 42.5 Å².